The number of ether oxygens (including phenoxy) is 1. The Labute approximate surface area is 166 Å². The molecule has 0 aliphatic carbocycles. The smallest absolute Gasteiger partial charge is 0.223 e. The highest BCUT2D eigenvalue weighted by atomic mass is 16.5. The van der Waals surface area contributed by atoms with Crippen molar-refractivity contribution in [3.63, 3.8) is 0 Å². The minimum absolute atomic E-state index is 0.0523. The van der Waals surface area contributed by atoms with Gasteiger partial charge in [0.15, 0.2) is 0 Å². The average molecular weight is 380 g/mol. The molecule has 0 spiro atoms. The minimum Gasteiger partial charge on any atom is -0.491 e. The number of carbonyl (C=O) groups is 2. The van der Waals surface area contributed by atoms with Crippen molar-refractivity contribution in [2.24, 2.45) is 0 Å². The van der Waals surface area contributed by atoms with Crippen LogP contribution in [-0.4, -0.2) is 41.3 Å². The lowest BCUT2D eigenvalue weighted by molar-refractivity contribution is -0.131. The molecule has 0 N–H and O–H groups in total. The summed E-state index contributed by atoms with van der Waals surface area (Å²) in [5, 5.41) is 0. The molecule has 1 aliphatic heterocycles. The van der Waals surface area contributed by atoms with E-state index in [-0.39, 0.29) is 11.8 Å². The Morgan fingerprint density at radius 1 is 1.11 bits per heavy atom. The van der Waals surface area contributed by atoms with Crippen molar-refractivity contribution in [3.05, 3.63) is 65.2 Å². The van der Waals surface area contributed by atoms with E-state index >= 15 is 0 Å². The third kappa shape index (κ3) is 5.12. The van der Waals surface area contributed by atoms with Crippen molar-refractivity contribution >= 4 is 11.8 Å². The predicted octanol–water partition coefficient (Wildman–Crippen LogP) is 3.41. The van der Waals surface area contributed by atoms with Gasteiger partial charge in [0.2, 0.25) is 11.8 Å². The molecular weight excluding hydrogens is 352 g/mol. The van der Waals surface area contributed by atoms with Crippen LogP contribution in [0, 0.1) is 0 Å². The van der Waals surface area contributed by atoms with Crippen molar-refractivity contribution in [1.82, 2.24) is 9.80 Å². The van der Waals surface area contributed by atoms with Crippen LogP contribution in [0.4, 0.5) is 0 Å². The first-order valence-corrected chi connectivity index (χ1v) is 9.88. The van der Waals surface area contributed by atoms with Gasteiger partial charge < -0.3 is 14.5 Å². The highest BCUT2D eigenvalue weighted by Gasteiger charge is 2.18. The van der Waals surface area contributed by atoms with E-state index in [1.54, 1.807) is 11.8 Å². The summed E-state index contributed by atoms with van der Waals surface area (Å²) in [7, 11) is 0. The second-order valence-electron chi connectivity index (χ2n) is 7.12. The molecule has 2 aromatic carbocycles. The number of carbonyl (C=O) groups excluding carboxylic acids is 2. The van der Waals surface area contributed by atoms with Crippen LogP contribution in [-0.2, 0) is 29.1 Å². The maximum Gasteiger partial charge on any atom is 0.223 e. The van der Waals surface area contributed by atoms with E-state index in [1.807, 2.05) is 54.3 Å². The summed E-state index contributed by atoms with van der Waals surface area (Å²) in [4.78, 5) is 28.1. The molecule has 0 aromatic heterocycles. The number of amides is 2. The Kier molecular flexibility index (Phi) is 6.69. The quantitative estimate of drug-likeness (QED) is 0.772. The molecular formula is C23H28N2O3. The molecule has 0 saturated carbocycles. The predicted molar refractivity (Wildman–Crippen MR) is 109 cm³/mol. The molecule has 0 radical (unpaired) electrons. The molecule has 0 atom stereocenters. The van der Waals surface area contributed by atoms with Crippen molar-refractivity contribution in [1.29, 1.82) is 0 Å². The Morgan fingerprint density at radius 3 is 2.61 bits per heavy atom. The highest BCUT2D eigenvalue weighted by molar-refractivity contribution is 5.76. The van der Waals surface area contributed by atoms with Crippen molar-refractivity contribution in [2.45, 2.75) is 39.8 Å². The van der Waals surface area contributed by atoms with Crippen molar-refractivity contribution < 1.29 is 14.3 Å². The molecule has 2 aromatic rings. The Hall–Kier alpha value is -2.82. The van der Waals surface area contributed by atoms with E-state index < -0.39 is 0 Å². The van der Waals surface area contributed by atoms with Crippen LogP contribution in [0.2, 0.25) is 0 Å². The summed E-state index contributed by atoms with van der Waals surface area (Å²) in [6.07, 6.45) is 1.15. The van der Waals surface area contributed by atoms with Gasteiger partial charge in [0, 0.05) is 38.5 Å². The lowest BCUT2D eigenvalue weighted by atomic mass is 10.0. The minimum atomic E-state index is 0.0523. The van der Waals surface area contributed by atoms with Gasteiger partial charge in [-0.2, -0.15) is 0 Å². The fourth-order valence-electron chi connectivity index (χ4n) is 3.46. The number of aryl methyl sites for hydroxylation is 1. The number of hydrogen-bond donors (Lipinski definition) is 0. The summed E-state index contributed by atoms with van der Waals surface area (Å²) in [6.45, 7) is 6.59. The van der Waals surface area contributed by atoms with Crippen molar-refractivity contribution in [2.75, 3.05) is 19.7 Å². The summed E-state index contributed by atoms with van der Waals surface area (Å²) >= 11 is 0. The largest absolute Gasteiger partial charge is 0.491 e. The average Bonchev–Trinajstić information content (AvgIpc) is 2.93. The van der Waals surface area contributed by atoms with Crippen LogP contribution in [0.5, 0.6) is 5.75 Å². The maximum absolute atomic E-state index is 12.7. The normalized spacial score (nSPS) is 13.3. The van der Waals surface area contributed by atoms with E-state index in [1.165, 1.54) is 0 Å². The van der Waals surface area contributed by atoms with E-state index in [0.29, 0.717) is 45.6 Å². The Bertz CT molecular complexity index is 820. The molecule has 0 unspecified atom stereocenters. The van der Waals surface area contributed by atoms with Crippen molar-refractivity contribution in [3.8, 4) is 5.75 Å². The zero-order valence-electron chi connectivity index (χ0n) is 16.7. The molecule has 3 rings (SSSR count). The first kappa shape index (κ1) is 19.9. The number of fused-ring (bicyclic) bond motifs is 1. The van der Waals surface area contributed by atoms with Crippen LogP contribution in [0.25, 0.3) is 0 Å². The zero-order valence-corrected chi connectivity index (χ0v) is 16.7. The van der Waals surface area contributed by atoms with Gasteiger partial charge in [-0.25, -0.2) is 0 Å². The second-order valence-corrected chi connectivity index (χ2v) is 7.12. The molecule has 0 bridgehead atoms. The van der Waals surface area contributed by atoms with Crippen LogP contribution < -0.4 is 4.74 Å². The molecule has 0 fully saturated rings. The fourth-order valence-corrected chi connectivity index (χ4v) is 3.46. The van der Waals surface area contributed by atoms with E-state index in [4.69, 9.17) is 4.74 Å². The van der Waals surface area contributed by atoms with Gasteiger partial charge in [0.1, 0.15) is 12.4 Å². The number of rotatable bonds is 6. The van der Waals surface area contributed by atoms with Gasteiger partial charge in [0.05, 0.1) is 6.54 Å². The van der Waals surface area contributed by atoms with E-state index in [9.17, 15) is 9.59 Å². The number of hydrogen-bond acceptors (Lipinski definition) is 3. The third-order valence-electron chi connectivity index (χ3n) is 5.13. The standard InChI is InChI=1S/C23H28N2O3/c1-3-24(16-20-7-5-4-6-8-20)23(27)12-10-19-9-11-22-21(15-19)17-25(18(2)26)13-14-28-22/h4-9,11,15H,3,10,12-14,16-17H2,1-2H3. The molecule has 1 aliphatic rings. The number of benzene rings is 2. The van der Waals surface area contributed by atoms with E-state index in [0.717, 1.165) is 22.4 Å². The summed E-state index contributed by atoms with van der Waals surface area (Å²) in [5.74, 6) is 1.04. The third-order valence-corrected chi connectivity index (χ3v) is 5.13. The highest BCUT2D eigenvalue weighted by Crippen LogP contribution is 2.25. The molecule has 0 saturated heterocycles. The first-order chi connectivity index (χ1) is 13.6. The second kappa shape index (κ2) is 9.40. The lowest BCUT2D eigenvalue weighted by Gasteiger charge is -2.21. The first-order valence-electron chi connectivity index (χ1n) is 9.88. The van der Waals surface area contributed by atoms with Crippen LogP contribution in [0.1, 0.15) is 37.0 Å². The summed E-state index contributed by atoms with van der Waals surface area (Å²) in [6, 6.07) is 16.1. The SMILES string of the molecule is CCN(Cc1ccccc1)C(=O)CCc1ccc2c(c1)CN(C(C)=O)CCO2. The lowest BCUT2D eigenvalue weighted by Crippen LogP contribution is -2.30. The molecule has 148 valence electrons. The zero-order chi connectivity index (χ0) is 19.9. The van der Waals surface area contributed by atoms with Gasteiger partial charge in [0.25, 0.3) is 0 Å². The van der Waals surface area contributed by atoms with E-state index in [2.05, 4.69) is 6.07 Å². The molecule has 2 amide bonds. The van der Waals surface area contributed by atoms with Gasteiger partial charge in [-0.05, 0) is 30.5 Å². The van der Waals surface area contributed by atoms with Crippen LogP contribution in [0.3, 0.4) is 0 Å². The topological polar surface area (TPSA) is 49.9 Å². The van der Waals surface area contributed by atoms with Crippen LogP contribution >= 0.6 is 0 Å². The maximum atomic E-state index is 12.7. The van der Waals surface area contributed by atoms with Gasteiger partial charge in [-0.1, -0.05) is 42.5 Å². The molecule has 28 heavy (non-hydrogen) atoms. The molecule has 5 nitrogen and oxygen atoms in total. The molecule has 5 heteroatoms. The molecule has 1 heterocycles. The van der Waals surface area contributed by atoms with Gasteiger partial charge in [-0.3, -0.25) is 9.59 Å². The van der Waals surface area contributed by atoms with Gasteiger partial charge >= 0.3 is 0 Å². The fraction of sp³-hybridized carbons (Fsp3) is 0.391. The Balaban J connectivity index is 1.62. The number of nitrogens with zero attached hydrogens (tertiary/aromatic N) is 2. The Morgan fingerprint density at radius 2 is 1.89 bits per heavy atom. The summed E-state index contributed by atoms with van der Waals surface area (Å²) < 4.78 is 5.76. The monoisotopic (exact) mass is 380 g/mol. The van der Waals surface area contributed by atoms with Crippen LogP contribution in [0.15, 0.2) is 48.5 Å². The van der Waals surface area contributed by atoms with Gasteiger partial charge in [-0.15, -0.1) is 0 Å². The summed E-state index contributed by atoms with van der Waals surface area (Å²) in [5.41, 5.74) is 3.25.